The van der Waals surface area contributed by atoms with Crippen LogP contribution in [0, 0.1) is 5.92 Å². The van der Waals surface area contributed by atoms with Crippen LogP contribution in [0.5, 0.6) is 0 Å². The summed E-state index contributed by atoms with van der Waals surface area (Å²) < 4.78 is 7.30. The van der Waals surface area contributed by atoms with Gasteiger partial charge in [0.05, 0.1) is 0 Å². The minimum atomic E-state index is -0.845. The van der Waals surface area contributed by atoms with Gasteiger partial charge in [0, 0.05) is 0 Å². The first-order valence-corrected chi connectivity index (χ1v) is 14.9. The molecule has 0 aliphatic carbocycles. The second-order valence-electron chi connectivity index (χ2n) is 9.75. The molecule has 3 saturated heterocycles. The molecule has 6 nitrogen and oxygen atoms in total. The van der Waals surface area contributed by atoms with Crippen molar-refractivity contribution in [3.8, 4) is 0 Å². The van der Waals surface area contributed by atoms with E-state index in [4.69, 9.17) is 27.9 Å². The van der Waals surface area contributed by atoms with E-state index in [1.165, 1.54) is 0 Å². The first kappa shape index (κ1) is 24.7. The average Bonchev–Trinajstić information content (AvgIpc) is 3.47. The number of fused-ring (bicyclic) bond motifs is 1. The van der Waals surface area contributed by atoms with Gasteiger partial charge in [0.1, 0.15) is 0 Å². The topological polar surface area (TPSA) is 74.7 Å². The number of alkyl halides is 2. The van der Waals surface area contributed by atoms with Gasteiger partial charge in [-0.05, 0) is 0 Å². The van der Waals surface area contributed by atoms with Crippen molar-refractivity contribution in [3.05, 3.63) is 63.9 Å². The summed E-state index contributed by atoms with van der Waals surface area (Å²) in [7, 11) is 0. The van der Waals surface area contributed by atoms with E-state index in [2.05, 4.69) is 24.1 Å². The summed E-state index contributed by atoms with van der Waals surface area (Å²) in [6, 6.07) is 11.4. The van der Waals surface area contributed by atoms with Gasteiger partial charge >= 0.3 is 222 Å². The van der Waals surface area contributed by atoms with Gasteiger partial charge in [-0.2, -0.15) is 0 Å². The fraction of sp³-hybridized carbons (Fsp3) is 0.520. The zero-order valence-corrected chi connectivity index (χ0v) is 22.8. The summed E-state index contributed by atoms with van der Waals surface area (Å²) >= 11 is 12.0. The number of likely N-dealkylation sites (tertiary alicyclic amines) is 1. The summed E-state index contributed by atoms with van der Waals surface area (Å²) in [5.74, 6) is -0.289. The van der Waals surface area contributed by atoms with Gasteiger partial charge in [-0.15, -0.1) is 0 Å². The molecule has 3 aliphatic rings. The summed E-state index contributed by atoms with van der Waals surface area (Å²) in [6.07, 6.45) is 2.01. The van der Waals surface area contributed by atoms with Crippen LogP contribution < -0.4 is 26.5 Å². The van der Waals surface area contributed by atoms with E-state index in [0.717, 1.165) is 24.0 Å². The van der Waals surface area contributed by atoms with Crippen molar-refractivity contribution >= 4 is 29.1 Å². The number of pyridine rings is 1. The number of rotatable bonds is 6. The Kier molecular flexibility index (Phi) is 7.14. The average molecular weight is 617 g/mol. The number of carbonyl (C=O) groups excluding carboxylic acids is 1. The van der Waals surface area contributed by atoms with Gasteiger partial charge < -0.3 is 0 Å². The second-order valence-corrected chi connectivity index (χ2v) is 14.1. The molecule has 2 N–H and O–H groups in total. The van der Waals surface area contributed by atoms with Crippen LogP contribution in [0.2, 0.25) is 10.2 Å². The molecule has 3 fully saturated rings. The third-order valence-corrected chi connectivity index (χ3v) is 12.0. The molecule has 4 heterocycles. The number of carbonyl (C=O) groups is 1. The molecule has 5 rings (SSSR count). The Hall–Kier alpha value is -0.970. The van der Waals surface area contributed by atoms with Gasteiger partial charge in [-0.3, -0.25) is 0 Å². The third kappa shape index (κ3) is 4.97. The van der Waals surface area contributed by atoms with E-state index in [0.29, 0.717) is 31.1 Å². The Morgan fingerprint density at radius 3 is 2.91 bits per heavy atom. The standard InChI is InChI=1S/C25H29Cl2IN3O3/c1-25(2)22-20(28-22)19(23(32)30-13-14-8-9-18(27)29-12-14)21(34-25)24(33)31-10-4-7-17(31)15-5-3-6-16(26)11-15/h3,5-6,8-9,11-12,17,19-23,30,32H,4,7,10,13H2,1-2H3/q-1/t17?,19-,20?,21-,22?,23?/m1/s1. The van der Waals surface area contributed by atoms with E-state index in [-0.39, 0.29) is 44.7 Å². The maximum absolute atomic E-state index is 14.0. The van der Waals surface area contributed by atoms with Crippen LogP contribution in [0.15, 0.2) is 42.6 Å². The van der Waals surface area contributed by atoms with Crippen LogP contribution in [0.25, 0.3) is 0 Å². The molecular weight excluding hydrogens is 588 g/mol. The van der Waals surface area contributed by atoms with Gasteiger partial charge in [-0.25, -0.2) is 0 Å². The first-order valence-electron chi connectivity index (χ1n) is 11.6. The fourth-order valence-corrected chi connectivity index (χ4v) is 9.82. The molecule has 0 radical (unpaired) electrons. The van der Waals surface area contributed by atoms with Gasteiger partial charge in [0.15, 0.2) is 0 Å². The van der Waals surface area contributed by atoms with Crippen molar-refractivity contribution in [2.75, 3.05) is 6.54 Å². The molecule has 3 aliphatic heterocycles. The molecule has 2 aromatic rings. The van der Waals surface area contributed by atoms with Crippen LogP contribution in [0.1, 0.15) is 43.9 Å². The molecule has 9 heteroatoms. The van der Waals surface area contributed by atoms with Gasteiger partial charge in [0.25, 0.3) is 0 Å². The third-order valence-electron chi connectivity index (χ3n) is 6.99. The zero-order chi connectivity index (χ0) is 24.0. The van der Waals surface area contributed by atoms with E-state index >= 15 is 0 Å². The number of aliphatic hydroxyl groups excluding tert-OH is 1. The molecule has 1 amide bonds. The van der Waals surface area contributed by atoms with E-state index < -0.39 is 12.3 Å². The molecular formula is C25H29Cl2IN3O3-. The Bertz CT molecular complexity index is 1050. The van der Waals surface area contributed by atoms with Crippen molar-refractivity contribution in [2.45, 2.75) is 65.1 Å². The number of benzene rings is 1. The van der Waals surface area contributed by atoms with E-state index in [9.17, 15) is 9.90 Å². The number of ether oxygens (including phenoxy) is 1. The Morgan fingerprint density at radius 2 is 2.18 bits per heavy atom. The van der Waals surface area contributed by atoms with Crippen LogP contribution in [-0.4, -0.2) is 53.2 Å². The van der Waals surface area contributed by atoms with Crippen LogP contribution >= 0.6 is 23.2 Å². The number of halogens is 3. The second kappa shape index (κ2) is 9.82. The minimum absolute atomic E-state index is 0.0181. The summed E-state index contributed by atoms with van der Waals surface area (Å²) in [4.78, 5) is 20.0. The number of aliphatic hydroxyl groups is 1. The number of nitrogens with zero attached hydrogens (tertiary/aromatic N) is 2. The SMILES string of the molecule is CC1(C)O[C@@H](C(=O)N2CCCC2c2cccc(Cl)c2)[C@H](C(O)NCc2ccc(Cl)nc2)C2[I-]C21. The number of hydrogen-bond donors (Lipinski definition) is 2. The molecule has 0 bridgehead atoms. The Morgan fingerprint density at radius 1 is 1.35 bits per heavy atom. The van der Waals surface area contributed by atoms with E-state index in [1.807, 2.05) is 35.2 Å². The van der Waals surface area contributed by atoms with Crippen molar-refractivity contribution in [2.24, 2.45) is 5.92 Å². The number of amides is 1. The first-order chi connectivity index (χ1) is 16.2. The molecule has 1 aromatic carbocycles. The predicted molar refractivity (Wildman–Crippen MR) is 127 cm³/mol. The Balaban J connectivity index is 1.36. The van der Waals surface area contributed by atoms with Crippen LogP contribution in [0.4, 0.5) is 0 Å². The van der Waals surface area contributed by atoms with Crippen molar-refractivity contribution in [1.29, 1.82) is 0 Å². The fourth-order valence-electron chi connectivity index (χ4n) is 5.25. The monoisotopic (exact) mass is 616 g/mol. The normalized spacial score (nSPS) is 30.9. The summed E-state index contributed by atoms with van der Waals surface area (Å²) in [5, 5.41) is 15.6. The number of hydrogen-bond acceptors (Lipinski definition) is 5. The molecule has 1 aromatic heterocycles. The van der Waals surface area contributed by atoms with Crippen molar-refractivity contribution < 1.29 is 35.8 Å². The molecule has 34 heavy (non-hydrogen) atoms. The van der Waals surface area contributed by atoms with Crippen molar-refractivity contribution in [1.82, 2.24) is 15.2 Å². The number of aromatic nitrogens is 1. The molecule has 6 atom stereocenters. The Labute approximate surface area is 220 Å². The summed E-state index contributed by atoms with van der Waals surface area (Å²) in [6.45, 7) is 5.31. The predicted octanol–water partition coefficient (Wildman–Crippen LogP) is 0.794. The van der Waals surface area contributed by atoms with Crippen molar-refractivity contribution in [3.63, 3.8) is 0 Å². The number of nitrogens with one attached hydrogen (secondary N) is 1. The van der Waals surface area contributed by atoms with E-state index in [1.54, 1.807) is 12.3 Å². The zero-order valence-electron chi connectivity index (χ0n) is 19.1. The molecule has 4 unspecified atom stereocenters. The van der Waals surface area contributed by atoms with Gasteiger partial charge in [-0.1, -0.05) is 0 Å². The summed E-state index contributed by atoms with van der Waals surface area (Å²) in [5.41, 5.74) is 1.63. The van der Waals surface area contributed by atoms with Gasteiger partial charge in [0.2, 0.25) is 0 Å². The molecule has 184 valence electrons. The van der Waals surface area contributed by atoms with Crippen LogP contribution in [0.3, 0.4) is 0 Å². The molecule has 0 spiro atoms. The quantitative estimate of drug-likeness (QED) is 0.217. The van der Waals surface area contributed by atoms with Crippen LogP contribution in [-0.2, 0) is 16.1 Å². The maximum atomic E-state index is 14.0. The molecule has 0 saturated carbocycles.